The maximum atomic E-state index is 11.9. The number of amides is 1. The third-order valence-electron chi connectivity index (χ3n) is 4.06. The molecule has 3 rings (SSSR count). The first-order valence-corrected chi connectivity index (χ1v) is 8.16. The molecule has 2 aromatic carbocycles. The van der Waals surface area contributed by atoms with Crippen molar-refractivity contribution in [2.45, 2.75) is 13.3 Å². The van der Waals surface area contributed by atoms with Crippen LogP contribution in [0, 0.1) is 17.0 Å². The monoisotopic (exact) mass is 363 g/mol. The Labute approximate surface area is 154 Å². The molecule has 3 N–H and O–H groups in total. The van der Waals surface area contributed by atoms with Gasteiger partial charge in [0.05, 0.1) is 10.6 Å². The van der Waals surface area contributed by atoms with Crippen molar-refractivity contribution in [3.05, 3.63) is 86.6 Å². The lowest BCUT2D eigenvalue weighted by Crippen LogP contribution is -2.13. The van der Waals surface area contributed by atoms with Crippen molar-refractivity contribution in [2.75, 3.05) is 0 Å². The molecule has 0 bridgehead atoms. The molecule has 8 heteroatoms. The van der Waals surface area contributed by atoms with Gasteiger partial charge in [-0.1, -0.05) is 42.5 Å². The summed E-state index contributed by atoms with van der Waals surface area (Å²) < 4.78 is 0. The number of aryl methyl sites for hydroxylation is 1. The molecule has 0 aliphatic rings. The molecule has 3 aromatic rings. The zero-order chi connectivity index (χ0) is 19.4. The van der Waals surface area contributed by atoms with Crippen LogP contribution in [-0.2, 0) is 6.42 Å². The van der Waals surface area contributed by atoms with Crippen LogP contribution in [0.2, 0.25) is 0 Å². The number of nitrogens with zero attached hydrogens (tertiary/aromatic N) is 3. The highest BCUT2D eigenvalue weighted by atomic mass is 16.6. The summed E-state index contributed by atoms with van der Waals surface area (Å²) in [4.78, 5) is 26.7. The molecule has 1 amide bonds. The lowest BCUT2D eigenvalue weighted by molar-refractivity contribution is -0.385. The van der Waals surface area contributed by atoms with Crippen LogP contribution in [0.3, 0.4) is 0 Å². The Hall–Kier alpha value is -3.81. The predicted molar refractivity (Wildman–Crippen MR) is 101 cm³/mol. The number of hydrogen-bond acceptors (Lipinski definition) is 5. The Balaban J connectivity index is 1.91. The summed E-state index contributed by atoms with van der Waals surface area (Å²) in [6, 6.07) is 14.3. The van der Waals surface area contributed by atoms with Crippen molar-refractivity contribution in [1.29, 1.82) is 0 Å². The van der Waals surface area contributed by atoms with Gasteiger partial charge in [-0.2, -0.15) is 5.10 Å². The van der Waals surface area contributed by atoms with E-state index in [1.807, 2.05) is 30.3 Å². The van der Waals surface area contributed by atoms with Crippen molar-refractivity contribution in [2.24, 2.45) is 10.7 Å². The van der Waals surface area contributed by atoms with Gasteiger partial charge in [-0.3, -0.25) is 20.0 Å². The predicted octanol–water partition coefficient (Wildman–Crippen LogP) is 3.07. The number of benzene rings is 2. The van der Waals surface area contributed by atoms with E-state index in [0.717, 1.165) is 5.56 Å². The number of nitro groups is 1. The first-order valence-electron chi connectivity index (χ1n) is 8.16. The van der Waals surface area contributed by atoms with E-state index in [1.54, 1.807) is 19.1 Å². The Morgan fingerprint density at radius 2 is 2.04 bits per heavy atom. The second-order valence-electron chi connectivity index (χ2n) is 5.99. The molecule has 0 radical (unpaired) electrons. The normalized spacial score (nSPS) is 11.0. The summed E-state index contributed by atoms with van der Waals surface area (Å²) in [7, 11) is 0. The number of nitrogens with one attached hydrogen (secondary N) is 1. The van der Waals surface area contributed by atoms with Crippen LogP contribution < -0.4 is 5.73 Å². The highest BCUT2D eigenvalue weighted by molar-refractivity contribution is 5.99. The molecule has 0 aliphatic heterocycles. The number of nitrogens with two attached hydrogens (primary N) is 1. The van der Waals surface area contributed by atoms with Crippen LogP contribution >= 0.6 is 0 Å². The Bertz CT molecular complexity index is 1030. The number of aromatic nitrogens is 2. The first kappa shape index (κ1) is 18.0. The third-order valence-corrected chi connectivity index (χ3v) is 4.06. The number of primary amides is 1. The zero-order valence-electron chi connectivity index (χ0n) is 14.5. The lowest BCUT2D eigenvalue weighted by atomic mass is 10.1. The molecule has 136 valence electrons. The van der Waals surface area contributed by atoms with Crippen LogP contribution in [0.5, 0.6) is 0 Å². The van der Waals surface area contributed by atoms with E-state index in [2.05, 4.69) is 15.2 Å². The van der Waals surface area contributed by atoms with Gasteiger partial charge in [0.1, 0.15) is 5.56 Å². The lowest BCUT2D eigenvalue weighted by Gasteiger charge is -2.01. The van der Waals surface area contributed by atoms with Crippen molar-refractivity contribution in [3.63, 3.8) is 0 Å². The van der Waals surface area contributed by atoms with E-state index in [1.165, 1.54) is 12.3 Å². The molecule has 0 fully saturated rings. The number of carbonyl (C=O) groups is 1. The van der Waals surface area contributed by atoms with Gasteiger partial charge < -0.3 is 5.73 Å². The van der Waals surface area contributed by atoms with Crippen LogP contribution in [0.1, 0.15) is 32.7 Å². The van der Waals surface area contributed by atoms with E-state index >= 15 is 0 Å². The molecule has 0 atom stereocenters. The number of hydrogen-bond donors (Lipinski definition) is 2. The summed E-state index contributed by atoms with van der Waals surface area (Å²) in [6.07, 6.45) is 1.87. The maximum Gasteiger partial charge on any atom is 0.272 e. The van der Waals surface area contributed by atoms with Crippen LogP contribution in [-0.4, -0.2) is 27.2 Å². The summed E-state index contributed by atoms with van der Waals surface area (Å²) in [6.45, 7) is 1.66. The van der Waals surface area contributed by atoms with Gasteiger partial charge in [-0.25, -0.2) is 4.99 Å². The molecule has 0 aliphatic carbocycles. The number of nitro benzene ring substituents is 1. The van der Waals surface area contributed by atoms with Crippen molar-refractivity contribution in [1.82, 2.24) is 10.2 Å². The number of carbonyl (C=O) groups excluding carboxylic acids is 1. The summed E-state index contributed by atoms with van der Waals surface area (Å²) in [5.74, 6) is -0.492. The Morgan fingerprint density at radius 3 is 2.70 bits per heavy atom. The molecular formula is C19H17N5O3. The fourth-order valence-corrected chi connectivity index (χ4v) is 2.69. The van der Waals surface area contributed by atoms with E-state index in [-0.39, 0.29) is 17.1 Å². The fourth-order valence-electron chi connectivity index (χ4n) is 2.69. The van der Waals surface area contributed by atoms with E-state index in [0.29, 0.717) is 23.2 Å². The van der Waals surface area contributed by atoms with Gasteiger partial charge >= 0.3 is 0 Å². The fraction of sp³-hybridized carbons (Fsp3) is 0.105. The van der Waals surface area contributed by atoms with Gasteiger partial charge in [-0.15, -0.1) is 0 Å². The van der Waals surface area contributed by atoms with Crippen molar-refractivity contribution >= 4 is 23.6 Å². The van der Waals surface area contributed by atoms with Gasteiger partial charge in [0.2, 0.25) is 0 Å². The molecular weight excluding hydrogens is 346 g/mol. The van der Waals surface area contributed by atoms with Crippen LogP contribution in [0.25, 0.3) is 0 Å². The molecule has 0 saturated heterocycles. The van der Waals surface area contributed by atoms with Crippen LogP contribution in [0.4, 0.5) is 11.5 Å². The zero-order valence-corrected chi connectivity index (χ0v) is 14.5. The van der Waals surface area contributed by atoms with Crippen LogP contribution in [0.15, 0.2) is 53.5 Å². The summed E-state index contributed by atoms with van der Waals surface area (Å²) in [5.41, 5.74) is 8.35. The number of rotatable bonds is 6. The van der Waals surface area contributed by atoms with Gasteiger partial charge in [-0.05, 0) is 18.1 Å². The number of aliphatic imine (C=N–C) groups is 1. The average molecular weight is 363 g/mol. The molecule has 1 heterocycles. The molecule has 8 nitrogen and oxygen atoms in total. The average Bonchev–Trinajstić information content (AvgIpc) is 3.04. The smallest absolute Gasteiger partial charge is 0.272 e. The number of H-pyrrole nitrogens is 1. The molecule has 0 saturated carbocycles. The Morgan fingerprint density at radius 1 is 1.30 bits per heavy atom. The molecule has 27 heavy (non-hydrogen) atoms. The minimum Gasteiger partial charge on any atom is -0.365 e. The Kier molecular flexibility index (Phi) is 5.07. The second-order valence-corrected chi connectivity index (χ2v) is 5.99. The summed E-state index contributed by atoms with van der Waals surface area (Å²) in [5, 5.41) is 17.9. The van der Waals surface area contributed by atoms with E-state index in [4.69, 9.17) is 5.73 Å². The van der Waals surface area contributed by atoms with Crippen molar-refractivity contribution < 1.29 is 9.72 Å². The topological polar surface area (TPSA) is 127 Å². The van der Waals surface area contributed by atoms with E-state index < -0.39 is 10.8 Å². The quantitative estimate of drug-likeness (QED) is 0.396. The number of aromatic amines is 1. The largest absolute Gasteiger partial charge is 0.365 e. The highest BCUT2D eigenvalue weighted by Gasteiger charge is 2.18. The molecule has 0 unspecified atom stereocenters. The third kappa shape index (κ3) is 4.06. The second kappa shape index (κ2) is 7.61. The van der Waals surface area contributed by atoms with Gasteiger partial charge in [0.15, 0.2) is 5.82 Å². The standard InChI is InChI=1S/C19H17N5O3/c1-12-7-8-14(10-16(12)24(26)27)11-21-19-17(18(20)25)15(22-23-19)9-13-5-3-2-4-6-13/h2-8,10-11H,9H2,1H3,(H2,20,25)(H,22,23). The SMILES string of the molecule is Cc1ccc(C=Nc2n[nH]c(Cc3ccccc3)c2C(N)=O)cc1[N+](=O)[O-]. The molecule has 0 spiro atoms. The maximum absolute atomic E-state index is 11.9. The van der Waals surface area contributed by atoms with Crippen molar-refractivity contribution in [3.8, 4) is 0 Å². The highest BCUT2D eigenvalue weighted by Crippen LogP contribution is 2.23. The first-order chi connectivity index (χ1) is 13.0. The van der Waals surface area contributed by atoms with Gasteiger partial charge in [0, 0.05) is 24.3 Å². The summed E-state index contributed by atoms with van der Waals surface area (Å²) >= 11 is 0. The van der Waals surface area contributed by atoms with Gasteiger partial charge in [0.25, 0.3) is 11.6 Å². The minimum atomic E-state index is -0.642. The molecule has 1 aromatic heterocycles. The minimum absolute atomic E-state index is 0.000805. The van der Waals surface area contributed by atoms with E-state index in [9.17, 15) is 14.9 Å².